The number of benzene rings is 2. The molecule has 150 valence electrons. The summed E-state index contributed by atoms with van der Waals surface area (Å²) in [6.07, 6.45) is -4.37. The number of piperazine rings is 1. The van der Waals surface area contributed by atoms with E-state index in [4.69, 9.17) is 0 Å². The molecule has 2 aromatic rings. The van der Waals surface area contributed by atoms with Gasteiger partial charge in [0, 0.05) is 37.6 Å². The van der Waals surface area contributed by atoms with E-state index < -0.39 is 11.7 Å². The maximum Gasteiger partial charge on any atom is 0.416 e. The fourth-order valence-corrected chi connectivity index (χ4v) is 3.91. The average molecular weight is 412 g/mol. The summed E-state index contributed by atoms with van der Waals surface area (Å²) in [4.78, 5) is 16.0. The molecule has 0 unspecified atom stereocenters. The van der Waals surface area contributed by atoms with Gasteiger partial charge in [-0.05, 0) is 35.9 Å². The summed E-state index contributed by atoms with van der Waals surface area (Å²) >= 11 is 1.46. The van der Waals surface area contributed by atoms with E-state index in [0.717, 1.165) is 17.7 Å². The van der Waals surface area contributed by atoms with E-state index >= 15 is 0 Å². The van der Waals surface area contributed by atoms with E-state index in [0.29, 0.717) is 43.4 Å². The highest BCUT2D eigenvalue weighted by molar-refractivity contribution is 7.99. The zero-order valence-corrected chi connectivity index (χ0v) is 15.9. The highest BCUT2D eigenvalue weighted by atomic mass is 32.2. The Bertz CT molecular complexity index is 803. The minimum Gasteiger partial charge on any atom is -0.368 e. The summed E-state index contributed by atoms with van der Waals surface area (Å²) in [5.41, 5.74) is 0.807. The van der Waals surface area contributed by atoms with E-state index in [1.54, 1.807) is 23.1 Å². The first-order chi connectivity index (χ1) is 13.3. The Morgan fingerprint density at radius 3 is 2.32 bits per heavy atom. The number of alkyl halides is 3. The monoisotopic (exact) mass is 412 g/mol. The topological polar surface area (TPSA) is 23.6 Å². The van der Waals surface area contributed by atoms with Crippen molar-refractivity contribution in [2.24, 2.45) is 0 Å². The first-order valence-electron chi connectivity index (χ1n) is 8.85. The first kappa shape index (κ1) is 20.5. The Hall–Kier alpha value is -2.22. The van der Waals surface area contributed by atoms with Crippen LogP contribution < -0.4 is 4.90 Å². The predicted octanol–water partition coefficient (Wildman–Crippen LogP) is 4.43. The number of carbonyl (C=O) groups excluding carboxylic acids is 1. The molecule has 0 atom stereocenters. The van der Waals surface area contributed by atoms with Gasteiger partial charge in [0.1, 0.15) is 5.82 Å². The van der Waals surface area contributed by atoms with Crippen LogP contribution in [-0.2, 0) is 16.7 Å². The summed E-state index contributed by atoms with van der Waals surface area (Å²) < 4.78 is 51.5. The average Bonchev–Trinajstić information content (AvgIpc) is 2.69. The largest absolute Gasteiger partial charge is 0.416 e. The smallest absolute Gasteiger partial charge is 0.368 e. The van der Waals surface area contributed by atoms with Crippen LogP contribution in [0.2, 0.25) is 0 Å². The lowest BCUT2D eigenvalue weighted by atomic mass is 10.1. The normalized spacial score (nSPS) is 15.0. The Balaban J connectivity index is 1.47. The molecule has 8 heteroatoms. The van der Waals surface area contributed by atoms with Gasteiger partial charge in [-0.1, -0.05) is 18.2 Å². The quantitative estimate of drug-likeness (QED) is 0.679. The molecule has 0 aromatic heterocycles. The lowest BCUT2D eigenvalue weighted by molar-refractivity contribution is -0.137. The molecule has 1 aliphatic heterocycles. The van der Waals surface area contributed by atoms with Crippen molar-refractivity contribution in [2.75, 3.05) is 36.8 Å². The minimum atomic E-state index is -4.37. The SMILES string of the molecule is O=C(CSCc1ccc(F)cc1)N1CCN(c2cccc(C(F)(F)F)c2)CC1. The molecule has 3 nitrogen and oxygen atoms in total. The van der Waals surface area contributed by atoms with Crippen molar-refractivity contribution in [1.82, 2.24) is 4.90 Å². The number of amides is 1. The molecule has 3 rings (SSSR count). The lowest BCUT2D eigenvalue weighted by Gasteiger charge is -2.36. The second kappa shape index (κ2) is 8.86. The first-order valence-corrected chi connectivity index (χ1v) is 10.0. The molecule has 2 aromatic carbocycles. The zero-order chi connectivity index (χ0) is 20.1. The third kappa shape index (κ3) is 5.41. The van der Waals surface area contributed by atoms with Crippen LogP contribution in [0.4, 0.5) is 23.2 Å². The summed E-state index contributed by atoms with van der Waals surface area (Å²) in [5.74, 6) is 0.663. The third-order valence-electron chi connectivity index (χ3n) is 4.58. The molecular formula is C20H20F4N2OS. The Kier molecular flexibility index (Phi) is 6.49. The third-order valence-corrected chi connectivity index (χ3v) is 5.57. The molecular weight excluding hydrogens is 392 g/mol. The van der Waals surface area contributed by atoms with Gasteiger partial charge in [-0.3, -0.25) is 4.79 Å². The van der Waals surface area contributed by atoms with Crippen LogP contribution in [0.5, 0.6) is 0 Å². The van der Waals surface area contributed by atoms with Gasteiger partial charge in [0.05, 0.1) is 11.3 Å². The van der Waals surface area contributed by atoms with Gasteiger partial charge in [-0.25, -0.2) is 4.39 Å². The van der Waals surface area contributed by atoms with Crippen LogP contribution in [0.3, 0.4) is 0 Å². The fourth-order valence-electron chi connectivity index (χ4n) is 3.02. The maximum absolute atomic E-state index is 12.9. The van der Waals surface area contributed by atoms with Crippen LogP contribution in [0.1, 0.15) is 11.1 Å². The van der Waals surface area contributed by atoms with Crippen LogP contribution in [-0.4, -0.2) is 42.7 Å². The van der Waals surface area contributed by atoms with Gasteiger partial charge in [-0.2, -0.15) is 13.2 Å². The molecule has 0 aliphatic carbocycles. The Morgan fingerprint density at radius 1 is 1.00 bits per heavy atom. The van der Waals surface area contributed by atoms with Crippen LogP contribution in [0, 0.1) is 5.82 Å². The number of anilines is 1. The molecule has 1 saturated heterocycles. The number of thioether (sulfide) groups is 1. The van der Waals surface area contributed by atoms with E-state index in [2.05, 4.69) is 0 Å². The van der Waals surface area contributed by atoms with Gasteiger partial charge >= 0.3 is 6.18 Å². The second-order valence-electron chi connectivity index (χ2n) is 6.54. The van der Waals surface area contributed by atoms with Gasteiger partial charge in [0.15, 0.2) is 0 Å². The van der Waals surface area contributed by atoms with Crippen LogP contribution in [0.15, 0.2) is 48.5 Å². The summed E-state index contributed by atoms with van der Waals surface area (Å²) in [6.45, 7) is 1.95. The van der Waals surface area contributed by atoms with Gasteiger partial charge in [-0.15, -0.1) is 11.8 Å². The molecule has 0 saturated carbocycles. The Morgan fingerprint density at radius 2 is 1.68 bits per heavy atom. The molecule has 0 N–H and O–H groups in total. The van der Waals surface area contributed by atoms with Crippen molar-refractivity contribution in [3.63, 3.8) is 0 Å². The summed E-state index contributed by atoms with van der Waals surface area (Å²) in [5, 5.41) is 0. The van der Waals surface area contributed by atoms with Crippen molar-refractivity contribution in [3.05, 3.63) is 65.5 Å². The van der Waals surface area contributed by atoms with Gasteiger partial charge in [0.2, 0.25) is 5.91 Å². The van der Waals surface area contributed by atoms with Gasteiger partial charge in [0.25, 0.3) is 0 Å². The standard InChI is InChI=1S/C20H20F4N2OS/c21-17-6-4-15(5-7-17)13-28-14-19(27)26-10-8-25(9-11-26)18-3-1-2-16(12-18)20(22,23)24/h1-7,12H,8-11,13-14H2. The number of halogens is 4. The zero-order valence-electron chi connectivity index (χ0n) is 15.1. The van der Waals surface area contributed by atoms with Crippen molar-refractivity contribution in [2.45, 2.75) is 11.9 Å². The minimum absolute atomic E-state index is 0.0100. The molecule has 1 aliphatic rings. The predicted molar refractivity (Wildman–Crippen MR) is 103 cm³/mol. The van der Waals surface area contributed by atoms with Crippen LogP contribution >= 0.6 is 11.8 Å². The number of rotatable bonds is 5. The van der Waals surface area contributed by atoms with E-state index in [9.17, 15) is 22.4 Å². The molecule has 0 spiro atoms. The van der Waals surface area contributed by atoms with Crippen molar-refractivity contribution >= 4 is 23.4 Å². The summed E-state index contributed by atoms with van der Waals surface area (Å²) in [6, 6.07) is 11.4. The van der Waals surface area contributed by atoms with Crippen LogP contribution in [0.25, 0.3) is 0 Å². The number of hydrogen-bond donors (Lipinski definition) is 0. The molecule has 0 bridgehead atoms. The number of nitrogens with zero attached hydrogens (tertiary/aromatic N) is 2. The van der Waals surface area contributed by atoms with E-state index in [-0.39, 0.29) is 11.7 Å². The second-order valence-corrected chi connectivity index (χ2v) is 7.52. The molecule has 1 amide bonds. The van der Waals surface area contributed by atoms with Crippen molar-refractivity contribution in [1.29, 1.82) is 0 Å². The highest BCUT2D eigenvalue weighted by Crippen LogP contribution is 2.31. The van der Waals surface area contributed by atoms with Gasteiger partial charge < -0.3 is 9.80 Å². The molecule has 28 heavy (non-hydrogen) atoms. The number of carbonyl (C=O) groups is 1. The van der Waals surface area contributed by atoms with Crippen molar-refractivity contribution < 1.29 is 22.4 Å². The molecule has 1 heterocycles. The highest BCUT2D eigenvalue weighted by Gasteiger charge is 2.31. The van der Waals surface area contributed by atoms with E-state index in [1.165, 1.54) is 30.0 Å². The summed E-state index contributed by atoms with van der Waals surface area (Å²) in [7, 11) is 0. The van der Waals surface area contributed by atoms with Crippen molar-refractivity contribution in [3.8, 4) is 0 Å². The Labute approximate surface area is 165 Å². The number of hydrogen-bond acceptors (Lipinski definition) is 3. The van der Waals surface area contributed by atoms with E-state index in [1.807, 2.05) is 4.90 Å². The lowest BCUT2D eigenvalue weighted by Crippen LogP contribution is -2.49. The molecule has 1 fully saturated rings. The molecule has 0 radical (unpaired) electrons. The maximum atomic E-state index is 12.9. The fraction of sp³-hybridized carbons (Fsp3) is 0.350.